The molecule has 0 radical (unpaired) electrons. The summed E-state index contributed by atoms with van der Waals surface area (Å²) in [7, 11) is 0. The summed E-state index contributed by atoms with van der Waals surface area (Å²) in [5, 5.41) is 0. The fourth-order valence-corrected chi connectivity index (χ4v) is 0.351. The van der Waals surface area contributed by atoms with E-state index in [-0.39, 0.29) is 56.2 Å². The minimum atomic E-state index is -0.0625. The second-order valence-electron chi connectivity index (χ2n) is 1.58. The molecular formula is C5H8DyO2. The topological polar surface area (TPSA) is 34.1 Å². The van der Waals surface area contributed by atoms with E-state index in [9.17, 15) is 9.59 Å². The van der Waals surface area contributed by atoms with E-state index >= 15 is 0 Å². The van der Waals surface area contributed by atoms with E-state index in [0.29, 0.717) is 0 Å². The number of hydrogen-bond acceptors (Lipinski definition) is 2. The van der Waals surface area contributed by atoms with Gasteiger partial charge in [0.2, 0.25) is 0 Å². The third kappa shape index (κ3) is 9.79. The van der Waals surface area contributed by atoms with Gasteiger partial charge >= 0.3 is 0 Å². The molecule has 0 heterocycles. The van der Waals surface area contributed by atoms with Gasteiger partial charge in [-0.1, -0.05) is 0 Å². The Morgan fingerprint density at radius 3 is 1.38 bits per heavy atom. The average molecular weight is 263 g/mol. The molecule has 0 bridgehead atoms. The van der Waals surface area contributed by atoms with Crippen LogP contribution in [0.4, 0.5) is 0 Å². The summed E-state index contributed by atoms with van der Waals surface area (Å²) >= 11 is 0. The summed E-state index contributed by atoms with van der Waals surface area (Å²) in [6.45, 7) is 2.81. The van der Waals surface area contributed by atoms with E-state index in [2.05, 4.69) is 0 Å². The van der Waals surface area contributed by atoms with Gasteiger partial charge in [-0.25, -0.2) is 0 Å². The van der Waals surface area contributed by atoms with Crippen molar-refractivity contribution in [2.24, 2.45) is 0 Å². The quantitative estimate of drug-likeness (QED) is 0.682. The predicted octanol–water partition coefficient (Wildman–Crippen LogP) is 0.554. The Morgan fingerprint density at radius 2 is 1.38 bits per heavy atom. The Labute approximate surface area is 79.0 Å². The van der Waals surface area contributed by atoms with Crippen molar-refractivity contribution in [2.75, 3.05) is 0 Å². The first-order valence-electron chi connectivity index (χ1n) is 2.12. The van der Waals surface area contributed by atoms with Gasteiger partial charge in [-0.2, -0.15) is 0 Å². The van der Waals surface area contributed by atoms with Crippen molar-refractivity contribution in [2.45, 2.75) is 20.3 Å². The van der Waals surface area contributed by atoms with E-state index in [1.54, 1.807) is 0 Å². The number of Topliss-reactive ketones (excluding diaryl/α,β-unsaturated/α-hetero) is 2. The number of carbonyl (C=O) groups is 2. The molecule has 0 saturated carbocycles. The zero-order valence-corrected chi connectivity index (χ0v) is 6.87. The first-order valence-corrected chi connectivity index (χ1v) is 2.12. The average Bonchev–Trinajstić information content (AvgIpc) is 1.27. The van der Waals surface area contributed by atoms with Crippen molar-refractivity contribution in [3.63, 3.8) is 0 Å². The predicted molar refractivity (Wildman–Crippen MR) is 26.0 cm³/mol. The molecule has 0 aliphatic rings. The molecule has 0 N–H and O–H groups in total. The molecule has 2 nitrogen and oxygen atoms in total. The monoisotopic (exact) mass is 264 g/mol. The molecule has 0 spiro atoms. The molecule has 0 aromatic carbocycles. The third-order valence-corrected chi connectivity index (χ3v) is 0.498. The van der Waals surface area contributed by atoms with Crippen LogP contribution in [0.5, 0.6) is 0 Å². The van der Waals surface area contributed by atoms with Crippen molar-refractivity contribution >= 4 is 11.6 Å². The summed E-state index contributed by atoms with van der Waals surface area (Å²) < 4.78 is 0. The Bertz CT molecular complexity index is 86.6. The van der Waals surface area contributed by atoms with E-state index < -0.39 is 0 Å². The Balaban J connectivity index is 0. The summed E-state index contributed by atoms with van der Waals surface area (Å²) in [6.07, 6.45) is 0.0833. The van der Waals surface area contributed by atoms with Crippen LogP contribution in [-0.4, -0.2) is 11.6 Å². The molecule has 0 aromatic rings. The van der Waals surface area contributed by atoms with E-state index in [1.165, 1.54) is 13.8 Å². The summed E-state index contributed by atoms with van der Waals surface area (Å²) in [6, 6.07) is 0. The zero-order chi connectivity index (χ0) is 5.86. The second kappa shape index (κ2) is 5.74. The van der Waals surface area contributed by atoms with E-state index in [0.717, 1.165) is 0 Å². The molecular weight excluding hydrogens is 255 g/mol. The van der Waals surface area contributed by atoms with Crippen molar-refractivity contribution in [3.8, 4) is 0 Å². The van der Waals surface area contributed by atoms with Crippen LogP contribution < -0.4 is 0 Å². The smallest absolute Gasteiger partial charge is 0.137 e. The van der Waals surface area contributed by atoms with Crippen LogP contribution in [0.2, 0.25) is 0 Å². The molecule has 8 heavy (non-hydrogen) atoms. The number of carbonyl (C=O) groups excluding carboxylic acids is 2. The van der Waals surface area contributed by atoms with Gasteiger partial charge in [0.1, 0.15) is 11.6 Å². The van der Waals surface area contributed by atoms with Gasteiger partial charge in [0.15, 0.2) is 0 Å². The molecule has 0 fully saturated rings. The summed E-state index contributed by atoms with van der Waals surface area (Å²) in [4.78, 5) is 20.1. The zero-order valence-electron chi connectivity index (χ0n) is 4.84. The maximum atomic E-state index is 10.0. The molecule has 0 amide bonds. The first-order chi connectivity index (χ1) is 3.13. The van der Waals surface area contributed by atoms with Crippen molar-refractivity contribution in [1.29, 1.82) is 0 Å². The molecule has 0 aromatic heterocycles. The van der Waals surface area contributed by atoms with Gasteiger partial charge in [-0.05, 0) is 13.8 Å². The first kappa shape index (κ1) is 11.4. The largest absolute Gasteiger partial charge is 0.300 e. The molecule has 50 valence electrons. The van der Waals surface area contributed by atoms with Crippen LogP contribution in [0.15, 0.2) is 0 Å². The fraction of sp³-hybridized carbons (Fsp3) is 0.600. The fourth-order valence-electron chi connectivity index (χ4n) is 0.351. The normalized spacial score (nSPS) is 7.25. The van der Waals surface area contributed by atoms with Gasteiger partial charge in [0, 0.05) is 38.2 Å². The summed E-state index contributed by atoms with van der Waals surface area (Å²) in [5.41, 5.74) is 0. The molecule has 0 saturated heterocycles. The van der Waals surface area contributed by atoms with Crippen LogP contribution in [0, 0.1) is 38.2 Å². The SMILES string of the molecule is CC(=O)CC(C)=O.[Dy]. The van der Waals surface area contributed by atoms with Crippen LogP contribution >= 0.6 is 0 Å². The summed E-state index contributed by atoms with van der Waals surface area (Å²) in [5.74, 6) is -0.125. The number of ketones is 2. The minimum Gasteiger partial charge on any atom is -0.300 e. The van der Waals surface area contributed by atoms with Gasteiger partial charge < -0.3 is 0 Å². The molecule has 0 unspecified atom stereocenters. The van der Waals surface area contributed by atoms with Crippen LogP contribution in [0.3, 0.4) is 0 Å². The van der Waals surface area contributed by atoms with Crippen molar-refractivity contribution in [1.82, 2.24) is 0 Å². The number of hydrogen-bond donors (Lipinski definition) is 0. The van der Waals surface area contributed by atoms with Gasteiger partial charge in [-0.3, -0.25) is 9.59 Å². The maximum absolute atomic E-state index is 10.0. The Hall–Kier alpha value is 0.613. The van der Waals surface area contributed by atoms with E-state index in [1.807, 2.05) is 0 Å². The molecule has 0 aliphatic carbocycles. The number of rotatable bonds is 2. The Morgan fingerprint density at radius 1 is 1.12 bits per heavy atom. The molecule has 0 rings (SSSR count). The molecule has 0 aliphatic heterocycles. The standard InChI is InChI=1S/C5H8O2.Dy/c1-4(6)3-5(2)7;/h3H2,1-2H3;. The minimum absolute atomic E-state index is 0. The molecule has 3 heteroatoms. The van der Waals surface area contributed by atoms with Crippen LogP contribution in [0.25, 0.3) is 0 Å². The Kier molecular flexibility index (Phi) is 8.20. The van der Waals surface area contributed by atoms with Crippen LogP contribution in [0.1, 0.15) is 20.3 Å². The second-order valence-corrected chi connectivity index (χ2v) is 1.58. The van der Waals surface area contributed by atoms with Gasteiger partial charge in [0.25, 0.3) is 0 Å². The van der Waals surface area contributed by atoms with E-state index in [4.69, 9.17) is 0 Å². The third-order valence-electron chi connectivity index (χ3n) is 0.498. The van der Waals surface area contributed by atoms with Gasteiger partial charge in [-0.15, -0.1) is 0 Å². The van der Waals surface area contributed by atoms with Gasteiger partial charge in [0.05, 0.1) is 6.42 Å². The van der Waals surface area contributed by atoms with Crippen LogP contribution in [-0.2, 0) is 9.59 Å². The maximum Gasteiger partial charge on any atom is 0.137 e. The van der Waals surface area contributed by atoms with Crippen molar-refractivity contribution in [3.05, 3.63) is 0 Å². The molecule has 0 atom stereocenters. The van der Waals surface area contributed by atoms with Crippen molar-refractivity contribution < 1.29 is 47.8 Å².